The van der Waals surface area contributed by atoms with Crippen LogP contribution in [0.2, 0.25) is 5.02 Å². The first kappa shape index (κ1) is 18.0. The molecule has 0 spiro atoms. The lowest BCUT2D eigenvalue weighted by Crippen LogP contribution is -2.48. The van der Waals surface area contributed by atoms with E-state index in [4.69, 9.17) is 25.8 Å². The van der Waals surface area contributed by atoms with E-state index in [1.165, 1.54) is 0 Å². The first-order chi connectivity index (χ1) is 12.0. The molecular weight excluding hydrogens is 348 g/mol. The molecule has 2 aromatic carbocycles. The molecule has 0 bridgehead atoms. The van der Waals surface area contributed by atoms with E-state index in [2.05, 4.69) is 0 Å². The first-order valence-corrected chi connectivity index (χ1v) is 8.14. The summed E-state index contributed by atoms with van der Waals surface area (Å²) >= 11 is 6.19. The van der Waals surface area contributed by atoms with Crippen molar-refractivity contribution < 1.29 is 29.5 Å². The minimum absolute atomic E-state index is 0.0693. The average Bonchev–Trinajstić information content (AvgIpc) is 2.62. The van der Waals surface area contributed by atoms with Gasteiger partial charge >= 0.3 is 0 Å². The molecule has 0 aliphatic carbocycles. The van der Waals surface area contributed by atoms with E-state index in [0.29, 0.717) is 27.8 Å². The summed E-state index contributed by atoms with van der Waals surface area (Å²) in [6, 6.07) is 12.0. The van der Waals surface area contributed by atoms with Gasteiger partial charge in [-0.3, -0.25) is 0 Å². The summed E-state index contributed by atoms with van der Waals surface area (Å²) in [7, 11) is 1.58. The van der Waals surface area contributed by atoms with Crippen LogP contribution in [0, 0.1) is 0 Å². The predicted octanol–water partition coefficient (Wildman–Crippen LogP) is 2.29. The smallest absolute Gasteiger partial charge is 0.146 e. The number of hydrogen-bond donors (Lipinski definition) is 3. The van der Waals surface area contributed by atoms with Crippen molar-refractivity contribution in [1.82, 2.24) is 0 Å². The fourth-order valence-electron chi connectivity index (χ4n) is 2.65. The standard InChI is InChI=1S/C18H19ClO6/c1-23-11-3-5-12(6-4-11)25-15-8-10(2-7-13(15)19)18-17(22)16(21)14(20)9-24-18/h2-8,14,16-18,20-22H,9H2,1H3/t14-,16+,17-,18+/m1/s1. The van der Waals surface area contributed by atoms with Crippen LogP contribution in [0.1, 0.15) is 11.7 Å². The molecule has 7 heteroatoms. The van der Waals surface area contributed by atoms with Crippen LogP contribution < -0.4 is 9.47 Å². The summed E-state index contributed by atoms with van der Waals surface area (Å²) in [5, 5.41) is 29.9. The molecule has 134 valence electrons. The number of aliphatic hydroxyl groups excluding tert-OH is 3. The molecule has 2 aromatic rings. The largest absolute Gasteiger partial charge is 0.497 e. The Labute approximate surface area is 150 Å². The monoisotopic (exact) mass is 366 g/mol. The molecule has 3 N–H and O–H groups in total. The number of methoxy groups -OCH3 is 1. The zero-order valence-electron chi connectivity index (χ0n) is 13.5. The van der Waals surface area contributed by atoms with E-state index >= 15 is 0 Å². The van der Waals surface area contributed by atoms with Crippen LogP contribution in [0.25, 0.3) is 0 Å². The van der Waals surface area contributed by atoms with Gasteiger partial charge in [0.25, 0.3) is 0 Å². The molecule has 0 unspecified atom stereocenters. The quantitative estimate of drug-likeness (QED) is 0.769. The maximum Gasteiger partial charge on any atom is 0.146 e. The van der Waals surface area contributed by atoms with Crippen LogP contribution >= 0.6 is 11.6 Å². The topological polar surface area (TPSA) is 88.4 Å². The van der Waals surface area contributed by atoms with Gasteiger partial charge in [0.2, 0.25) is 0 Å². The molecule has 0 radical (unpaired) electrons. The van der Waals surface area contributed by atoms with Gasteiger partial charge < -0.3 is 29.5 Å². The van der Waals surface area contributed by atoms with Gasteiger partial charge in [0.1, 0.15) is 41.7 Å². The Morgan fingerprint density at radius 2 is 1.68 bits per heavy atom. The van der Waals surface area contributed by atoms with Gasteiger partial charge in [-0.15, -0.1) is 0 Å². The van der Waals surface area contributed by atoms with Crippen molar-refractivity contribution in [2.75, 3.05) is 13.7 Å². The van der Waals surface area contributed by atoms with Crippen molar-refractivity contribution in [2.24, 2.45) is 0 Å². The third-order valence-electron chi connectivity index (χ3n) is 4.07. The number of halogens is 1. The van der Waals surface area contributed by atoms with E-state index in [1.54, 1.807) is 49.6 Å². The third-order valence-corrected chi connectivity index (χ3v) is 4.38. The zero-order chi connectivity index (χ0) is 18.0. The highest BCUT2D eigenvalue weighted by molar-refractivity contribution is 6.32. The summed E-state index contributed by atoms with van der Waals surface area (Å²) in [6.45, 7) is -0.0693. The Bertz CT molecular complexity index is 720. The van der Waals surface area contributed by atoms with Crippen molar-refractivity contribution in [1.29, 1.82) is 0 Å². The van der Waals surface area contributed by atoms with E-state index < -0.39 is 24.4 Å². The van der Waals surface area contributed by atoms with Crippen molar-refractivity contribution in [3.63, 3.8) is 0 Å². The van der Waals surface area contributed by atoms with Crippen LogP contribution in [-0.2, 0) is 4.74 Å². The number of rotatable bonds is 4. The van der Waals surface area contributed by atoms with E-state index in [9.17, 15) is 15.3 Å². The SMILES string of the molecule is COc1ccc(Oc2cc([C@@H]3OC[C@@H](O)[C@H](O)[C@H]3O)ccc2Cl)cc1. The highest BCUT2D eigenvalue weighted by Crippen LogP contribution is 2.36. The molecular formula is C18H19ClO6. The second-order valence-electron chi connectivity index (χ2n) is 5.77. The van der Waals surface area contributed by atoms with Gasteiger partial charge in [0, 0.05) is 0 Å². The van der Waals surface area contributed by atoms with E-state index in [-0.39, 0.29) is 6.61 Å². The second-order valence-corrected chi connectivity index (χ2v) is 6.18. The number of benzene rings is 2. The Hall–Kier alpha value is -1.83. The molecule has 0 aromatic heterocycles. The summed E-state index contributed by atoms with van der Waals surface area (Å²) < 4.78 is 16.3. The molecule has 1 aliphatic rings. The van der Waals surface area contributed by atoms with Gasteiger partial charge in [-0.05, 0) is 42.0 Å². The number of aliphatic hydroxyl groups is 3. The Morgan fingerprint density at radius 3 is 2.36 bits per heavy atom. The predicted molar refractivity (Wildman–Crippen MR) is 91.2 cm³/mol. The molecule has 1 aliphatic heterocycles. The molecule has 1 fully saturated rings. The fourth-order valence-corrected chi connectivity index (χ4v) is 2.80. The maximum atomic E-state index is 10.1. The van der Waals surface area contributed by atoms with Crippen LogP contribution in [-0.4, -0.2) is 47.3 Å². The molecule has 1 saturated heterocycles. The average molecular weight is 367 g/mol. The lowest BCUT2D eigenvalue weighted by molar-refractivity contribution is -0.189. The van der Waals surface area contributed by atoms with Crippen molar-refractivity contribution >= 4 is 11.6 Å². The fraction of sp³-hybridized carbons (Fsp3) is 0.333. The van der Waals surface area contributed by atoms with Gasteiger partial charge in [-0.25, -0.2) is 0 Å². The number of hydrogen-bond acceptors (Lipinski definition) is 6. The van der Waals surface area contributed by atoms with Crippen LogP contribution in [0.4, 0.5) is 0 Å². The van der Waals surface area contributed by atoms with E-state index in [0.717, 1.165) is 0 Å². The lowest BCUT2D eigenvalue weighted by atomic mass is 9.94. The van der Waals surface area contributed by atoms with Gasteiger partial charge in [-0.1, -0.05) is 17.7 Å². The van der Waals surface area contributed by atoms with Crippen LogP contribution in [0.15, 0.2) is 42.5 Å². The minimum atomic E-state index is -1.28. The van der Waals surface area contributed by atoms with E-state index in [1.807, 2.05) is 0 Å². The number of ether oxygens (including phenoxy) is 3. The van der Waals surface area contributed by atoms with Crippen LogP contribution in [0.5, 0.6) is 17.2 Å². The minimum Gasteiger partial charge on any atom is -0.497 e. The normalized spacial score (nSPS) is 26.3. The Kier molecular flexibility index (Phi) is 5.46. The van der Waals surface area contributed by atoms with Crippen molar-refractivity contribution in [3.05, 3.63) is 53.1 Å². The maximum absolute atomic E-state index is 10.1. The van der Waals surface area contributed by atoms with Crippen molar-refractivity contribution in [3.8, 4) is 17.2 Å². The van der Waals surface area contributed by atoms with Gasteiger partial charge in [0.15, 0.2) is 0 Å². The zero-order valence-corrected chi connectivity index (χ0v) is 14.3. The third kappa shape index (κ3) is 3.89. The first-order valence-electron chi connectivity index (χ1n) is 7.76. The summed E-state index contributed by atoms with van der Waals surface area (Å²) in [6.07, 6.45) is -4.43. The van der Waals surface area contributed by atoms with Crippen LogP contribution in [0.3, 0.4) is 0 Å². The Balaban J connectivity index is 1.82. The highest BCUT2D eigenvalue weighted by Gasteiger charge is 2.38. The van der Waals surface area contributed by atoms with Crippen molar-refractivity contribution in [2.45, 2.75) is 24.4 Å². The Morgan fingerprint density at radius 1 is 1.00 bits per heavy atom. The molecule has 3 rings (SSSR count). The highest BCUT2D eigenvalue weighted by atomic mass is 35.5. The summed E-state index contributed by atoms with van der Waals surface area (Å²) in [5.41, 5.74) is 0.589. The van der Waals surface area contributed by atoms with Gasteiger partial charge in [-0.2, -0.15) is 0 Å². The summed E-state index contributed by atoms with van der Waals surface area (Å²) in [4.78, 5) is 0. The molecule has 0 amide bonds. The molecule has 6 nitrogen and oxygen atoms in total. The molecule has 25 heavy (non-hydrogen) atoms. The summed E-state index contributed by atoms with van der Waals surface area (Å²) in [5.74, 6) is 1.67. The molecule has 1 heterocycles. The molecule has 4 atom stereocenters. The second kappa shape index (κ2) is 7.59. The molecule has 0 saturated carbocycles. The lowest BCUT2D eigenvalue weighted by Gasteiger charge is -2.35. The van der Waals surface area contributed by atoms with Gasteiger partial charge in [0.05, 0.1) is 18.7 Å².